The van der Waals surface area contributed by atoms with E-state index >= 15 is 0 Å². The molecule has 0 radical (unpaired) electrons. The highest BCUT2D eigenvalue weighted by Gasteiger charge is 2.14. The first-order valence-electron chi connectivity index (χ1n) is 7.08. The summed E-state index contributed by atoms with van der Waals surface area (Å²) in [4.78, 5) is 22.5. The third-order valence-corrected chi connectivity index (χ3v) is 3.49. The molecular formula is C15H20N2O4. The average Bonchev–Trinajstić information content (AvgIpc) is 3.06. The van der Waals surface area contributed by atoms with E-state index in [2.05, 4.69) is 16.7 Å². The largest absolute Gasteiger partial charge is 0.478 e. The topological polar surface area (TPSA) is 91.6 Å². The van der Waals surface area contributed by atoms with Crippen molar-refractivity contribution in [2.24, 2.45) is 0 Å². The van der Waals surface area contributed by atoms with Gasteiger partial charge in [0.25, 0.3) is 0 Å². The summed E-state index contributed by atoms with van der Waals surface area (Å²) in [5.41, 5.74) is 1.53. The van der Waals surface area contributed by atoms with E-state index in [1.54, 1.807) is 6.92 Å². The zero-order valence-electron chi connectivity index (χ0n) is 12.1. The Bertz CT molecular complexity index is 560. The molecule has 0 aliphatic heterocycles. The van der Waals surface area contributed by atoms with Crippen LogP contribution in [0.4, 0.5) is 4.79 Å². The number of hydrogen-bond donors (Lipinski definition) is 3. The molecule has 1 aliphatic rings. The summed E-state index contributed by atoms with van der Waals surface area (Å²) in [6.45, 7) is 2.36. The van der Waals surface area contributed by atoms with Gasteiger partial charge in [0.1, 0.15) is 17.1 Å². The summed E-state index contributed by atoms with van der Waals surface area (Å²) in [6, 6.07) is 1.15. The third-order valence-electron chi connectivity index (χ3n) is 3.49. The van der Waals surface area contributed by atoms with Crippen LogP contribution in [0.3, 0.4) is 0 Å². The molecule has 1 aliphatic carbocycles. The molecule has 21 heavy (non-hydrogen) atoms. The lowest BCUT2D eigenvalue weighted by Gasteiger charge is -2.06. The number of carboxylic acids is 1. The van der Waals surface area contributed by atoms with E-state index in [1.165, 1.54) is 18.1 Å². The maximum Gasteiger partial charge on any atom is 0.339 e. The van der Waals surface area contributed by atoms with Crippen LogP contribution in [0.1, 0.15) is 47.6 Å². The molecule has 1 aromatic heterocycles. The summed E-state index contributed by atoms with van der Waals surface area (Å²) in [5, 5.41) is 14.3. The number of amides is 2. The molecule has 0 bridgehead atoms. The van der Waals surface area contributed by atoms with Crippen LogP contribution in [0.5, 0.6) is 0 Å². The van der Waals surface area contributed by atoms with Crippen LogP contribution in [-0.4, -0.2) is 23.7 Å². The molecule has 0 unspecified atom stereocenters. The highest BCUT2D eigenvalue weighted by molar-refractivity contribution is 5.88. The van der Waals surface area contributed by atoms with Gasteiger partial charge in [0.15, 0.2) is 0 Å². The van der Waals surface area contributed by atoms with Crippen LogP contribution in [-0.2, 0) is 6.54 Å². The molecule has 0 spiro atoms. The van der Waals surface area contributed by atoms with Crippen LogP contribution < -0.4 is 10.6 Å². The van der Waals surface area contributed by atoms with Crippen molar-refractivity contribution in [1.82, 2.24) is 10.6 Å². The molecule has 0 saturated heterocycles. The molecule has 0 saturated carbocycles. The molecule has 2 amide bonds. The van der Waals surface area contributed by atoms with Crippen molar-refractivity contribution in [3.05, 3.63) is 34.8 Å². The van der Waals surface area contributed by atoms with E-state index < -0.39 is 5.97 Å². The second-order valence-corrected chi connectivity index (χ2v) is 5.10. The first-order chi connectivity index (χ1) is 10.1. The van der Waals surface area contributed by atoms with Crippen molar-refractivity contribution in [2.75, 3.05) is 6.54 Å². The van der Waals surface area contributed by atoms with Gasteiger partial charge in [-0.15, -0.1) is 0 Å². The minimum absolute atomic E-state index is 0.125. The Hall–Kier alpha value is -2.24. The van der Waals surface area contributed by atoms with Crippen molar-refractivity contribution in [3.8, 4) is 0 Å². The standard InChI is InChI=1S/C15H20N2O4/c1-10-13(14(18)19)8-12(21-10)9-17-15(20)16-7-6-11-4-2-3-5-11/h4,8H,2-3,5-7,9H2,1H3,(H,18,19)(H2,16,17,20). The van der Waals surface area contributed by atoms with Crippen molar-refractivity contribution in [1.29, 1.82) is 0 Å². The molecule has 2 rings (SSSR count). The Morgan fingerprint density at radius 3 is 2.81 bits per heavy atom. The Balaban J connectivity index is 1.71. The van der Waals surface area contributed by atoms with E-state index in [0.29, 0.717) is 18.1 Å². The Morgan fingerprint density at radius 2 is 2.19 bits per heavy atom. The van der Waals surface area contributed by atoms with Gasteiger partial charge >= 0.3 is 12.0 Å². The van der Waals surface area contributed by atoms with Crippen molar-refractivity contribution < 1.29 is 19.1 Å². The second-order valence-electron chi connectivity index (χ2n) is 5.10. The molecule has 0 atom stereocenters. The molecule has 6 nitrogen and oxygen atoms in total. The van der Waals surface area contributed by atoms with Crippen LogP contribution in [0.25, 0.3) is 0 Å². The summed E-state index contributed by atoms with van der Waals surface area (Å²) >= 11 is 0. The van der Waals surface area contributed by atoms with Gasteiger partial charge in [-0.1, -0.05) is 11.6 Å². The Morgan fingerprint density at radius 1 is 1.38 bits per heavy atom. The van der Waals surface area contributed by atoms with Crippen LogP contribution >= 0.6 is 0 Å². The van der Waals surface area contributed by atoms with Crippen molar-refractivity contribution in [3.63, 3.8) is 0 Å². The molecule has 0 fully saturated rings. The van der Waals surface area contributed by atoms with Crippen LogP contribution in [0.15, 0.2) is 22.1 Å². The monoisotopic (exact) mass is 292 g/mol. The first-order valence-corrected chi connectivity index (χ1v) is 7.08. The zero-order chi connectivity index (χ0) is 15.2. The number of carboxylic acid groups (broad SMARTS) is 1. The van der Waals surface area contributed by atoms with Crippen LogP contribution in [0.2, 0.25) is 0 Å². The number of rotatable bonds is 6. The smallest absolute Gasteiger partial charge is 0.339 e. The molecule has 1 heterocycles. The third kappa shape index (κ3) is 4.37. The number of nitrogens with one attached hydrogen (secondary N) is 2. The quantitative estimate of drug-likeness (QED) is 0.703. The van der Waals surface area contributed by atoms with Gasteiger partial charge in [-0.25, -0.2) is 9.59 Å². The number of urea groups is 1. The Kier molecular flexibility index (Phi) is 5.03. The number of aryl methyl sites for hydroxylation is 1. The maximum absolute atomic E-state index is 11.6. The Labute approximate surface area is 123 Å². The number of allylic oxidation sites excluding steroid dienone is 1. The lowest BCUT2D eigenvalue weighted by atomic mass is 10.2. The fourth-order valence-corrected chi connectivity index (χ4v) is 2.37. The summed E-state index contributed by atoms with van der Waals surface area (Å²) in [6.07, 6.45) is 6.61. The minimum atomic E-state index is -1.03. The van der Waals surface area contributed by atoms with E-state index in [4.69, 9.17) is 9.52 Å². The van der Waals surface area contributed by atoms with Gasteiger partial charge in [-0.3, -0.25) is 0 Å². The summed E-state index contributed by atoms with van der Waals surface area (Å²) < 4.78 is 5.28. The van der Waals surface area contributed by atoms with Crippen molar-refractivity contribution >= 4 is 12.0 Å². The number of furan rings is 1. The highest BCUT2D eigenvalue weighted by Crippen LogP contribution is 2.19. The number of hydrogen-bond acceptors (Lipinski definition) is 3. The molecule has 0 aromatic carbocycles. The van der Waals surface area contributed by atoms with E-state index in [1.807, 2.05) is 0 Å². The predicted octanol–water partition coefficient (Wildman–Crippen LogP) is 2.59. The van der Waals surface area contributed by atoms with Gasteiger partial charge in [0.2, 0.25) is 0 Å². The number of carbonyl (C=O) groups excluding carboxylic acids is 1. The molecule has 1 aromatic rings. The summed E-state index contributed by atoms with van der Waals surface area (Å²) in [5.74, 6) is -0.261. The van der Waals surface area contributed by atoms with E-state index in [0.717, 1.165) is 19.3 Å². The van der Waals surface area contributed by atoms with Gasteiger partial charge in [-0.05, 0) is 38.7 Å². The number of aromatic carboxylic acids is 1. The molecular weight excluding hydrogens is 272 g/mol. The van der Waals surface area contributed by atoms with E-state index in [9.17, 15) is 9.59 Å². The van der Waals surface area contributed by atoms with E-state index in [-0.39, 0.29) is 18.1 Å². The van der Waals surface area contributed by atoms with Gasteiger partial charge in [-0.2, -0.15) is 0 Å². The fraction of sp³-hybridized carbons (Fsp3) is 0.467. The highest BCUT2D eigenvalue weighted by atomic mass is 16.4. The molecule has 6 heteroatoms. The molecule has 114 valence electrons. The van der Waals surface area contributed by atoms with Gasteiger partial charge in [0.05, 0.1) is 6.54 Å². The van der Waals surface area contributed by atoms with Crippen molar-refractivity contribution in [2.45, 2.75) is 39.2 Å². The number of carbonyl (C=O) groups is 2. The van der Waals surface area contributed by atoms with Gasteiger partial charge in [0, 0.05) is 6.54 Å². The summed E-state index contributed by atoms with van der Waals surface area (Å²) in [7, 11) is 0. The first kappa shape index (κ1) is 15.2. The fourth-order valence-electron chi connectivity index (χ4n) is 2.37. The van der Waals surface area contributed by atoms with Gasteiger partial charge < -0.3 is 20.2 Å². The predicted molar refractivity (Wildman–Crippen MR) is 77.2 cm³/mol. The SMILES string of the molecule is Cc1oc(CNC(=O)NCCC2=CCCC2)cc1C(=O)O. The normalized spacial score (nSPS) is 13.9. The maximum atomic E-state index is 11.6. The zero-order valence-corrected chi connectivity index (χ0v) is 12.1. The second kappa shape index (κ2) is 6.97. The lowest BCUT2D eigenvalue weighted by molar-refractivity contribution is 0.0695. The minimum Gasteiger partial charge on any atom is -0.478 e. The van der Waals surface area contributed by atoms with Crippen LogP contribution in [0, 0.1) is 6.92 Å². The lowest BCUT2D eigenvalue weighted by Crippen LogP contribution is -2.35. The molecule has 3 N–H and O–H groups in total. The average molecular weight is 292 g/mol.